The number of methoxy groups -OCH3 is 2. The number of fused-ring (bicyclic) bond motifs is 1. The molecule has 1 aliphatic rings. The summed E-state index contributed by atoms with van der Waals surface area (Å²) in [7, 11) is 3.12. The van der Waals surface area contributed by atoms with E-state index >= 15 is 0 Å². The van der Waals surface area contributed by atoms with Crippen molar-refractivity contribution in [1.82, 2.24) is 0 Å². The van der Waals surface area contributed by atoms with Crippen LogP contribution in [0.1, 0.15) is 31.8 Å². The van der Waals surface area contributed by atoms with E-state index < -0.39 is 0 Å². The number of ketones is 2. The van der Waals surface area contributed by atoms with Gasteiger partial charge in [0.15, 0.2) is 18.1 Å². The Morgan fingerprint density at radius 1 is 0.969 bits per heavy atom. The van der Waals surface area contributed by atoms with E-state index in [0.29, 0.717) is 45.3 Å². The topological polar surface area (TPSA) is 71.1 Å². The Hall–Kier alpha value is -4.06. The zero-order chi connectivity index (χ0) is 22.7. The van der Waals surface area contributed by atoms with Crippen molar-refractivity contribution in [2.75, 3.05) is 20.8 Å². The number of hydrogen-bond donors (Lipinski definition) is 0. The third kappa shape index (κ3) is 4.21. The van der Waals surface area contributed by atoms with Crippen LogP contribution in [0.2, 0.25) is 0 Å². The summed E-state index contributed by atoms with van der Waals surface area (Å²) in [5.74, 6) is 1.89. The second-order valence-corrected chi connectivity index (χ2v) is 7.24. The summed E-state index contributed by atoms with van der Waals surface area (Å²) in [5.41, 5.74) is 2.41. The van der Waals surface area contributed by atoms with Gasteiger partial charge in [0.2, 0.25) is 5.78 Å². The zero-order valence-electron chi connectivity index (χ0n) is 18.0. The van der Waals surface area contributed by atoms with Gasteiger partial charge in [-0.05, 0) is 42.8 Å². The van der Waals surface area contributed by atoms with Gasteiger partial charge in [-0.3, -0.25) is 9.59 Å². The molecule has 0 aromatic heterocycles. The SMILES string of the molecule is COc1ccc(OC)c(/C=C2\Oc3cc(OCC(=O)c4ccccc4)cc(C)c3C2=O)c1. The normalized spacial score (nSPS) is 13.5. The van der Waals surface area contributed by atoms with Crippen molar-refractivity contribution in [3.8, 4) is 23.0 Å². The van der Waals surface area contributed by atoms with Crippen molar-refractivity contribution < 1.29 is 28.5 Å². The monoisotopic (exact) mass is 430 g/mol. The molecule has 0 spiro atoms. The van der Waals surface area contributed by atoms with Crippen LogP contribution >= 0.6 is 0 Å². The Balaban J connectivity index is 1.57. The first-order valence-electron chi connectivity index (χ1n) is 10.0. The number of carbonyl (C=O) groups excluding carboxylic acids is 2. The van der Waals surface area contributed by atoms with Crippen LogP contribution in [0.5, 0.6) is 23.0 Å². The number of hydrogen-bond acceptors (Lipinski definition) is 6. The van der Waals surface area contributed by atoms with Crippen molar-refractivity contribution in [3.63, 3.8) is 0 Å². The second kappa shape index (κ2) is 8.98. The van der Waals surface area contributed by atoms with Gasteiger partial charge in [0.05, 0.1) is 19.8 Å². The molecular weight excluding hydrogens is 408 g/mol. The van der Waals surface area contributed by atoms with E-state index in [-0.39, 0.29) is 23.9 Å². The Morgan fingerprint density at radius 3 is 2.47 bits per heavy atom. The third-order valence-corrected chi connectivity index (χ3v) is 5.13. The lowest BCUT2D eigenvalue weighted by molar-refractivity contribution is 0.0920. The molecule has 0 atom stereocenters. The number of rotatable bonds is 7. The molecule has 3 aromatic rings. The lowest BCUT2D eigenvalue weighted by atomic mass is 10.0. The lowest BCUT2D eigenvalue weighted by Gasteiger charge is -2.09. The molecule has 0 saturated carbocycles. The summed E-state index contributed by atoms with van der Waals surface area (Å²) in [6, 6.07) is 17.6. The maximum atomic E-state index is 13.0. The molecule has 0 unspecified atom stereocenters. The summed E-state index contributed by atoms with van der Waals surface area (Å²) in [4.78, 5) is 25.3. The molecule has 3 aromatic carbocycles. The second-order valence-electron chi connectivity index (χ2n) is 7.24. The molecule has 0 amide bonds. The fraction of sp³-hybridized carbons (Fsp3) is 0.154. The predicted octanol–water partition coefficient (Wildman–Crippen LogP) is 4.89. The third-order valence-electron chi connectivity index (χ3n) is 5.13. The number of allylic oxidation sites excluding steroid dienone is 1. The van der Waals surface area contributed by atoms with Crippen LogP contribution in [0, 0.1) is 6.92 Å². The van der Waals surface area contributed by atoms with Gasteiger partial charge < -0.3 is 18.9 Å². The highest BCUT2D eigenvalue weighted by Gasteiger charge is 2.30. The van der Waals surface area contributed by atoms with Gasteiger partial charge in [0.25, 0.3) is 0 Å². The largest absolute Gasteiger partial charge is 0.497 e. The zero-order valence-corrected chi connectivity index (χ0v) is 18.0. The number of Topliss-reactive ketones (excluding diaryl/α,β-unsaturated/α-hetero) is 2. The molecule has 6 nitrogen and oxygen atoms in total. The van der Waals surface area contributed by atoms with Gasteiger partial charge in [0.1, 0.15) is 23.0 Å². The number of aryl methyl sites for hydroxylation is 1. The summed E-state index contributed by atoms with van der Waals surface area (Å²) in [6.45, 7) is 1.70. The van der Waals surface area contributed by atoms with Crippen molar-refractivity contribution >= 4 is 17.6 Å². The van der Waals surface area contributed by atoms with Crippen molar-refractivity contribution in [1.29, 1.82) is 0 Å². The average molecular weight is 430 g/mol. The standard InChI is InChI=1S/C26H22O6/c1-16-11-20(31-15-21(27)17-7-5-4-6-8-17)14-23-25(16)26(28)24(32-23)13-18-12-19(29-2)9-10-22(18)30-3/h4-14H,15H2,1-3H3/b24-13-. The number of ether oxygens (including phenoxy) is 4. The van der Waals surface area contributed by atoms with Gasteiger partial charge >= 0.3 is 0 Å². The van der Waals surface area contributed by atoms with Crippen LogP contribution in [0.25, 0.3) is 6.08 Å². The maximum absolute atomic E-state index is 13.0. The molecule has 4 rings (SSSR count). The summed E-state index contributed by atoms with van der Waals surface area (Å²) < 4.78 is 22.2. The van der Waals surface area contributed by atoms with Gasteiger partial charge in [-0.15, -0.1) is 0 Å². The van der Waals surface area contributed by atoms with Crippen molar-refractivity contribution in [2.24, 2.45) is 0 Å². The summed E-state index contributed by atoms with van der Waals surface area (Å²) >= 11 is 0. The fourth-order valence-corrected chi connectivity index (χ4v) is 3.51. The lowest BCUT2D eigenvalue weighted by Crippen LogP contribution is -2.11. The van der Waals surface area contributed by atoms with E-state index in [1.54, 1.807) is 81.8 Å². The van der Waals surface area contributed by atoms with Gasteiger partial charge in [0, 0.05) is 17.2 Å². The average Bonchev–Trinajstić information content (AvgIpc) is 3.13. The molecule has 0 radical (unpaired) electrons. The highest BCUT2D eigenvalue weighted by molar-refractivity contribution is 6.15. The minimum atomic E-state index is -0.228. The van der Waals surface area contributed by atoms with E-state index in [1.165, 1.54) is 0 Å². The van der Waals surface area contributed by atoms with Gasteiger partial charge in [-0.25, -0.2) is 0 Å². The highest BCUT2D eigenvalue weighted by Crippen LogP contribution is 2.38. The van der Waals surface area contributed by atoms with E-state index in [9.17, 15) is 9.59 Å². The van der Waals surface area contributed by atoms with E-state index in [0.717, 1.165) is 0 Å². The van der Waals surface area contributed by atoms with Crippen LogP contribution in [-0.2, 0) is 0 Å². The molecule has 0 bridgehead atoms. The Morgan fingerprint density at radius 2 is 1.75 bits per heavy atom. The van der Waals surface area contributed by atoms with E-state index in [4.69, 9.17) is 18.9 Å². The number of carbonyl (C=O) groups is 2. The van der Waals surface area contributed by atoms with Gasteiger partial charge in [-0.1, -0.05) is 30.3 Å². The Kier molecular flexibility index (Phi) is 5.94. The Bertz CT molecular complexity index is 1210. The molecule has 1 aliphatic heterocycles. The highest BCUT2D eigenvalue weighted by atomic mass is 16.5. The van der Waals surface area contributed by atoms with E-state index in [2.05, 4.69) is 0 Å². The van der Waals surface area contributed by atoms with Crippen molar-refractivity contribution in [2.45, 2.75) is 6.92 Å². The number of benzene rings is 3. The minimum Gasteiger partial charge on any atom is -0.497 e. The molecule has 0 N–H and O–H groups in total. The van der Waals surface area contributed by atoms with Gasteiger partial charge in [-0.2, -0.15) is 0 Å². The maximum Gasteiger partial charge on any atom is 0.232 e. The summed E-state index contributed by atoms with van der Waals surface area (Å²) in [6.07, 6.45) is 1.63. The molecule has 0 saturated heterocycles. The van der Waals surface area contributed by atoms with Crippen LogP contribution in [0.15, 0.2) is 66.4 Å². The van der Waals surface area contributed by atoms with E-state index in [1.807, 2.05) is 6.07 Å². The smallest absolute Gasteiger partial charge is 0.232 e. The fourth-order valence-electron chi connectivity index (χ4n) is 3.51. The van der Waals surface area contributed by atoms with Crippen molar-refractivity contribution in [3.05, 3.63) is 88.7 Å². The molecule has 6 heteroatoms. The minimum absolute atomic E-state index is 0.111. The molecule has 162 valence electrons. The summed E-state index contributed by atoms with van der Waals surface area (Å²) in [5, 5.41) is 0. The first-order valence-corrected chi connectivity index (χ1v) is 10.0. The van der Waals surface area contributed by atoms with Crippen LogP contribution in [-0.4, -0.2) is 32.4 Å². The molecule has 0 fully saturated rings. The quantitative estimate of drug-likeness (QED) is 0.393. The molecular formula is C26H22O6. The Labute approximate surface area is 186 Å². The molecule has 0 aliphatic carbocycles. The molecule has 32 heavy (non-hydrogen) atoms. The molecule has 1 heterocycles. The predicted molar refractivity (Wildman–Crippen MR) is 120 cm³/mol. The van der Waals surface area contributed by atoms with Crippen LogP contribution < -0.4 is 18.9 Å². The first-order chi connectivity index (χ1) is 15.5. The van der Waals surface area contributed by atoms with Crippen LogP contribution in [0.4, 0.5) is 0 Å². The van der Waals surface area contributed by atoms with Crippen LogP contribution in [0.3, 0.4) is 0 Å². The first kappa shape index (κ1) is 21.2.